The maximum absolute atomic E-state index is 9.00. The molecular formula is C13H19N3S. The van der Waals surface area contributed by atoms with E-state index >= 15 is 0 Å². The van der Waals surface area contributed by atoms with E-state index < -0.39 is 0 Å². The van der Waals surface area contributed by atoms with Gasteiger partial charge in [-0.05, 0) is 25.8 Å². The second kappa shape index (κ2) is 7.31. The van der Waals surface area contributed by atoms with E-state index in [0.29, 0.717) is 11.7 Å². The van der Waals surface area contributed by atoms with Crippen molar-refractivity contribution in [3.63, 3.8) is 0 Å². The minimum Gasteiger partial charge on any atom is -0.298 e. The molecule has 0 amide bonds. The molecule has 1 unspecified atom stereocenters. The highest BCUT2D eigenvalue weighted by molar-refractivity contribution is 7.98. The van der Waals surface area contributed by atoms with E-state index in [-0.39, 0.29) is 0 Å². The van der Waals surface area contributed by atoms with Gasteiger partial charge in [0.1, 0.15) is 11.8 Å². The van der Waals surface area contributed by atoms with Gasteiger partial charge in [0.25, 0.3) is 0 Å². The monoisotopic (exact) mass is 249 g/mol. The summed E-state index contributed by atoms with van der Waals surface area (Å²) in [4.78, 5) is 6.39. The van der Waals surface area contributed by atoms with Crippen molar-refractivity contribution in [2.24, 2.45) is 0 Å². The second-order valence-electron chi connectivity index (χ2n) is 4.06. The van der Waals surface area contributed by atoms with Gasteiger partial charge >= 0.3 is 0 Å². The van der Waals surface area contributed by atoms with E-state index in [1.807, 2.05) is 23.9 Å². The molecule has 17 heavy (non-hydrogen) atoms. The number of hydrogen-bond donors (Lipinski definition) is 0. The molecule has 0 saturated heterocycles. The quantitative estimate of drug-likeness (QED) is 0.776. The van der Waals surface area contributed by atoms with Crippen molar-refractivity contribution in [3.05, 3.63) is 29.6 Å². The zero-order valence-electron chi connectivity index (χ0n) is 10.7. The molecule has 1 atom stereocenters. The van der Waals surface area contributed by atoms with Crippen LogP contribution in [0.4, 0.5) is 0 Å². The Hall–Kier alpha value is -1.05. The maximum Gasteiger partial charge on any atom is 0.144 e. The SMILES string of the molecule is CCC(CSC)N(C)Cc1cccnc1C#N. The third-order valence-electron chi connectivity index (χ3n) is 2.87. The number of rotatable bonds is 6. The van der Waals surface area contributed by atoms with E-state index in [1.54, 1.807) is 6.20 Å². The first kappa shape index (κ1) is 14.0. The first-order chi connectivity index (χ1) is 8.22. The molecule has 4 heteroatoms. The molecule has 1 heterocycles. The zero-order chi connectivity index (χ0) is 12.7. The fourth-order valence-corrected chi connectivity index (χ4v) is 2.69. The van der Waals surface area contributed by atoms with Gasteiger partial charge in [0.15, 0.2) is 0 Å². The number of thioether (sulfide) groups is 1. The minimum atomic E-state index is 0.540. The Bertz CT molecular complexity index is 386. The van der Waals surface area contributed by atoms with Crippen molar-refractivity contribution in [1.29, 1.82) is 5.26 Å². The topological polar surface area (TPSA) is 39.9 Å². The van der Waals surface area contributed by atoms with Crippen LogP contribution in [0, 0.1) is 11.3 Å². The summed E-state index contributed by atoms with van der Waals surface area (Å²) in [6, 6.07) is 6.57. The van der Waals surface area contributed by atoms with E-state index in [1.165, 1.54) is 0 Å². The van der Waals surface area contributed by atoms with Crippen LogP contribution in [-0.2, 0) is 6.54 Å². The number of nitrogens with zero attached hydrogens (tertiary/aromatic N) is 3. The molecule has 0 saturated carbocycles. The van der Waals surface area contributed by atoms with Crippen LogP contribution in [0.2, 0.25) is 0 Å². The van der Waals surface area contributed by atoms with Crippen LogP contribution < -0.4 is 0 Å². The van der Waals surface area contributed by atoms with Crippen molar-refractivity contribution in [1.82, 2.24) is 9.88 Å². The van der Waals surface area contributed by atoms with Gasteiger partial charge in [0.05, 0.1) is 0 Å². The second-order valence-corrected chi connectivity index (χ2v) is 4.97. The van der Waals surface area contributed by atoms with Crippen LogP contribution in [0.1, 0.15) is 24.6 Å². The number of aromatic nitrogens is 1. The maximum atomic E-state index is 9.00. The lowest BCUT2D eigenvalue weighted by Crippen LogP contribution is -2.33. The fourth-order valence-electron chi connectivity index (χ4n) is 1.81. The third-order valence-corrected chi connectivity index (χ3v) is 3.59. The van der Waals surface area contributed by atoms with Gasteiger partial charge in [-0.25, -0.2) is 4.98 Å². The molecule has 0 aliphatic carbocycles. The van der Waals surface area contributed by atoms with Gasteiger partial charge in [-0.1, -0.05) is 13.0 Å². The van der Waals surface area contributed by atoms with Gasteiger partial charge < -0.3 is 0 Å². The van der Waals surface area contributed by atoms with E-state index in [0.717, 1.165) is 24.3 Å². The Morgan fingerprint density at radius 3 is 2.94 bits per heavy atom. The lowest BCUT2D eigenvalue weighted by atomic mass is 10.1. The van der Waals surface area contributed by atoms with E-state index in [2.05, 4.69) is 36.2 Å². The van der Waals surface area contributed by atoms with Crippen molar-refractivity contribution in [2.45, 2.75) is 25.9 Å². The highest BCUT2D eigenvalue weighted by atomic mass is 32.2. The standard InChI is InChI=1S/C13H19N3S/c1-4-12(10-17-3)16(2)9-11-6-5-7-15-13(11)8-14/h5-7,12H,4,9-10H2,1-3H3. The molecule has 0 N–H and O–H groups in total. The summed E-state index contributed by atoms with van der Waals surface area (Å²) < 4.78 is 0. The molecule has 0 bridgehead atoms. The van der Waals surface area contributed by atoms with Crippen LogP contribution in [0.25, 0.3) is 0 Å². The summed E-state index contributed by atoms with van der Waals surface area (Å²) in [5.74, 6) is 1.12. The predicted octanol–water partition coefficient (Wildman–Crippen LogP) is 2.53. The molecule has 0 aliphatic heterocycles. The number of nitriles is 1. The van der Waals surface area contributed by atoms with Crippen LogP contribution in [0.3, 0.4) is 0 Å². The molecule has 3 nitrogen and oxygen atoms in total. The average molecular weight is 249 g/mol. The lowest BCUT2D eigenvalue weighted by molar-refractivity contribution is 0.247. The molecule has 1 aromatic heterocycles. The zero-order valence-corrected chi connectivity index (χ0v) is 11.5. The van der Waals surface area contributed by atoms with Crippen molar-refractivity contribution in [2.75, 3.05) is 19.1 Å². The van der Waals surface area contributed by atoms with E-state index in [4.69, 9.17) is 5.26 Å². The van der Waals surface area contributed by atoms with Crippen LogP contribution in [0.5, 0.6) is 0 Å². The molecule has 1 aromatic rings. The smallest absolute Gasteiger partial charge is 0.144 e. The first-order valence-electron chi connectivity index (χ1n) is 5.76. The number of hydrogen-bond acceptors (Lipinski definition) is 4. The van der Waals surface area contributed by atoms with Gasteiger partial charge in [-0.3, -0.25) is 4.90 Å². The third kappa shape index (κ3) is 4.03. The summed E-state index contributed by atoms with van der Waals surface area (Å²) in [5, 5.41) is 9.00. The van der Waals surface area contributed by atoms with Crippen LogP contribution >= 0.6 is 11.8 Å². The average Bonchev–Trinajstić information content (AvgIpc) is 2.36. The first-order valence-corrected chi connectivity index (χ1v) is 7.15. The normalized spacial score (nSPS) is 12.4. The van der Waals surface area contributed by atoms with Gasteiger partial charge in [0, 0.05) is 30.1 Å². The highest BCUT2D eigenvalue weighted by Gasteiger charge is 2.14. The molecule has 0 spiro atoms. The molecule has 1 rings (SSSR count). The van der Waals surface area contributed by atoms with Gasteiger partial charge in [-0.2, -0.15) is 17.0 Å². The summed E-state index contributed by atoms with van der Waals surface area (Å²) in [5.41, 5.74) is 1.55. The Balaban J connectivity index is 2.73. The largest absolute Gasteiger partial charge is 0.298 e. The predicted molar refractivity (Wildman–Crippen MR) is 72.9 cm³/mol. The summed E-state index contributed by atoms with van der Waals surface area (Å²) in [7, 11) is 2.11. The molecule has 0 aromatic carbocycles. The van der Waals surface area contributed by atoms with Crippen molar-refractivity contribution < 1.29 is 0 Å². The van der Waals surface area contributed by atoms with Crippen LogP contribution in [-0.4, -0.2) is 35.0 Å². The molecular weight excluding hydrogens is 230 g/mol. The van der Waals surface area contributed by atoms with Gasteiger partial charge in [-0.15, -0.1) is 0 Å². The summed E-state index contributed by atoms with van der Waals surface area (Å²) in [6.07, 6.45) is 4.92. The Morgan fingerprint density at radius 2 is 2.35 bits per heavy atom. The Kier molecular flexibility index (Phi) is 6.03. The summed E-state index contributed by atoms with van der Waals surface area (Å²) >= 11 is 1.86. The van der Waals surface area contributed by atoms with Gasteiger partial charge in [0.2, 0.25) is 0 Å². The highest BCUT2D eigenvalue weighted by Crippen LogP contribution is 2.13. The fraction of sp³-hybridized carbons (Fsp3) is 0.538. The number of pyridine rings is 1. The summed E-state index contributed by atoms with van der Waals surface area (Å²) in [6.45, 7) is 2.99. The minimum absolute atomic E-state index is 0.540. The Labute approximate surface area is 108 Å². The van der Waals surface area contributed by atoms with E-state index in [9.17, 15) is 0 Å². The molecule has 0 radical (unpaired) electrons. The molecule has 0 aliphatic rings. The molecule has 0 fully saturated rings. The molecule has 92 valence electrons. The lowest BCUT2D eigenvalue weighted by Gasteiger charge is -2.26. The van der Waals surface area contributed by atoms with Crippen molar-refractivity contribution >= 4 is 11.8 Å². The van der Waals surface area contributed by atoms with Crippen molar-refractivity contribution in [3.8, 4) is 6.07 Å². The van der Waals surface area contributed by atoms with Crippen LogP contribution in [0.15, 0.2) is 18.3 Å². The Morgan fingerprint density at radius 1 is 1.59 bits per heavy atom.